The summed E-state index contributed by atoms with van der Waals surface area (Å²) in [5, 5.41) is 26.3. The lowest BCUT2D eigenvalue weighted by atomic mass is 10.2. The van der Waals surface area contributed by atoms with Crippen LogP contribution in [0.15, 0.2) is 30.3 Å². The van der Waals surface area contributed by atoms with E-state index < -0.39 is 30.9 Å². The van der Waals surface area contributed by atoms with E-state index in [4.69, 9.17) is 15.3 Å². The van der Waals surface area contributed by atoms with Gasteiger partial charge in [-0.2, -0.15) is 0 Å². The van der Waals surface area contributed by atoms with Gasteiger partial charge in [-0.05, 0) is 23.8 Å². The zero-order valence-corrected chi connectivity index (χ0v) is 10.4. The summed E-state index contributed by atoms with van der Waals surface area (Å²) in [6, 6.07) is 5.96. The lowest BCUT2D eigenvalue weighted by Crippen LogP contribution is -2.38. The maximum absolute atomic E-state index is 11.7. The number of hydrogen-bond donors (Lipinski definition) is 3. The summed E-state index contributed by atoms with van der Waals surface area (Å²) in [6.07, 6.45) is 2.48. The molecule has 1 aromatic carbocycles. The summed E-state index contributed by atoms with van der Waals surface area (Å²) in [5.74, 6) is -3.23. The number of benzene rings is 1. The number of aliphatic carboxylic acids is 2. The number of aromatic hydroxyl groups is 1. The van der Waals surface area contributed by atoms with Gasteiger partial charge in [-0.3, -0.25) is 14.4 Å². The molecule has 1 amide bonds. The van der Waals surface area contributed by atoms with E-state index in [1.165, 1.54) is 18.2 Å². The van der Waals surface area contributed by atoms with Crippen molar-refractivity contribution in [1.82, 2.24) is 4.90 Å². The molecule has 0 atom stereocenters. The van der Waals surface area contributed by atoms with Gasteiger partial charge in [0.05, 0.1) is 0 Å². The minimum atomic E-state index is -1.29. The van der Waals surface area contributed by atoms with Crippen molar-refractivity contribution in [2.45, 2.75) is 0 Å². The fourth-order valence-electron chi connectivity index (χ4n) is 1.40. The summed E-state index contributed by atoms with van der Waals surface area (Å²) in [4.78, 5) is 33.6. The second-order valence-electron chi connectivity index (χ2n) is 3.91. The van der Waals surface area contributed by atoms with Crippen LogP contribution in [0.25, 0.3) is 6.08 Å². The summed E-state index contributed by atoms with van der Waals surface area (Å²) in [7, 11) is 0. The summed E-state index contributed by atoms with van der Waals surface area (Å²) < 4.78 is 0. The maximum atomic E-state index is 11.7. The highest BCUT2D eigenvalue weighted by atomic mass is 16.4. The van der Waals surface area contributed by atoms with Crippen LogP contribution in [0.4, 0.5) is 0 Å². The predicted molar refractivity (Wildman–Crippen MR) is 69.0 cm³/mol. The molecule has 0 unspecified atom stereocenters. The Morgan fingerprint density at radius 1 is 1.00 bits per heavy atom. The molecular formula is C13H13NO6. The third kappa shape index (κ3) is 5.21. The first-order valence-corrected chi connectivity index (χ1v) is 5.58. The number of phenols is 1. The van der Waals surface area contributed by atoms with E-state index in [1.807, 2.05) is 0 Å². The van der Waals surface area contributed by atoms with Crippen LogP contribution < -0.4 is 0 Å². The fourth-order valence-corrected chi connectivity index (χ4v) is 1.40. The number of carboxylic acids is 2. The Hall–Kier alpha value is -2.83. The van der Waals surface area contributed by atoms with Gasteiger partial charge in [0, 0.05) is 6.08 Å². The highest BCUT2D eigenvalue weighted by molar-refractivity contribution is 5.95. The molecule has 0 aliphatic carbocycles. The molecule has 0 heterocycles. The van der Waals surface area contributed by atoms with Crippen molar-refractivity contribution in [2.24, 2.45) is 0 Å². The molecule has 0 saturated heterocycles. The molecule has 0 fully saturated rings. The van der Waals surface area contributed by atoms with E-state index >= 15 is 0 Å². The van der Waals surface area contributed by atoms with E-state index in [0.29, 0.717) is 10.5 Å². The van der Waals surface area contributed by atoms with Crippen molar-refractivity contribution in [2.75, 3.05) is 13.1 Å². The molecule has 0 aliphatic rings. The molecule has 1 aromatic rings. The van der Waals surface area contributed by atoms with Crippen molar-refractivity contribution in [1.29, 1.82) is 0 Å². The molecule has 0 spiro atoms. The van der Waals surface area contributed by atoms with Gasteiger partial charge in [0.1, 0.15) is 18.8 Å². The predicted octanol–water partition coefficient (Wildman–Crippen LogP) is 0.403. The van der Waals surface area contributed by atoms with Gasteiger partial charge in [-0.15, -0.1) is 0 Å². The summed E-state index contributed by atoms with van der Waals surface area (Å²) in [6.45, 7) is -1.38. The Kier molecular flexibility index (Phi) is 5.28. The monoisotopic (exact) mass is 279 g/mol. The third-order valence-electron chi connectivity index (χ3n) is 2.28. The van der Waals surface area contributed by atoms with Crippen molar-refractivity contribution in [3.8, 4) is 5.75 Å². The van der Waals surface area contributed by atoms with Gasteiger partial charge in [-0.1, -0.05) is 12.1 Å². The molecule has 1 rings (SSSR count). The zero-order chi connectivity index (χ0) is 15.1. The topological polar surface area (TPSA) is 115 Å². The third-order valence-corrected chi connectivity index (χ3v) is 2.28. The maximum Gasteiger partial charge on any atom is 0.323 e. The molecule has 0 saturated carbocycles. The van der Waals surface area contributed by atoms with Crippen LogP contribution in [0.5, 0.6) is 5.75 Å². The van der Waals surface area contributed by atoms with Crippen molar-refractivity contribution >= 4 is 23.9 Å². The molecule has 20 heavy (non-hydrogen) atoms. The van der Waals surface area contributed by atoms with Crippen LogP contribution in [0.3, 0.4) is 0 Å². The quantitative estimate of drug-likeness (QED) is 0.649. The number of nitrogens with zero attached hydrogens (tertiary/aromatic N) is 1. The number of carboxylic acid groups (broad SMARTS) is 2. The van der Waals surface area contributed by atoms with Crippen LogP contribution in [0.1, 0.15) is 5.56 Å². The standard InChI is InChI=1S/C13H13NO6/c15-10-4-1-9(2-5-10)3-6-11(16)14(7-12(17)18)8-13(19)20/h1-6,15H,7-8H2,(H,17,18)(H,19,20). The SMILES string of the molecule is O=C(O)CN(CC(=O)O)C(=O)C=Cc1ccc(O)cc1. The molecular weight excluding hydrogens is 266 g/mol. The summed E-state index contributed by atoms with van der Waals surface area (Å²) >= 11 is 0. The number of rotatable bonds is 6. The van der Waals surface area contributed by atoms with E-state index in [-0.39, 0.29) is 5.75 Å². The first-order valence-electron chi connectivity index (χ1n) is 5.58. The van der Waals surface area contributed by atoms with Crippen molar-refractivity contribution in [3.05, 3.63) is 35.9 Å². The van der Waals surface area contributed by atoms with Crippen LogP contribution >= 0.6 is 0 Å². The Morgan fingerprint density at radius 2 is 1.50 bits per heavy atom. The molecule has 0 bridgehead atoms. The number of amides is 1. The molecule has 0 aromatic heterocycles. The minimum Gasteiger partial charge on any atom is -0.508 e. The lowest BCUT2D eigenvalue weighted by Gasteiger charge is -2.16. The number of hydrogen-bond acceptors (Lipinski definition) is 4. The number of carbonyl (C=O) groups is 3. The van der Waals surface area contributed by atoms with Gasteiger partial charge < -0.3 is 20.2 Å². The lowest BCUT2D eigenvalue weighted by molar-refractivity contribution is -0.147. The molecule has 0 aliphatic heterocycles. The van der Waals surface area contributed by atoms with Gasteiger partial charge in [-0.25, -0.2) is 0 Å². The summed E-state index contributed by atoms with van der Waals surface area (Å²) in [5.41, 5.74) is 0.613. The minimum absolute atomic E-state index is 0.0758. The fraction of sp³-hybridized carbons (Fsp3) is 0.154. The van der Waals surface area contributed by atoms with Crippen LogP contribution in [0.2, 0.25) is 0 Å². The van der Waals surface area contributed by atoms with Crippen molar-refractivity contribution in [3.63, 3.8) is 0 Å². The zero-order valence-electron chi connectivity index (χ0n) is 10.4. The van der Waals surface area contributed by atoms with E-state index in [1.54, 1.807) is 12.1 Å². The Balaban J connectivity index is 2.76. The highest BCUT2D eigenvalue weighted by Crippen LogP contribution is 2.10. The van der Waals surface area contributed by atoms with Crippen LogP contribution in [-0.4, -0.2) is 51.2 Å². The Morgan fingerprint density at radius 3 is 1.95 bits per heavy atom. The van der Waals surface area contributed by atoms with Gasteiger partial charge in [0.25, 0.3) is 0 Å². The second-order valence-corrected chi connectivity index (χ2v) is 3.91. The Labute approximate surface area is 114 Å². The average Bonchev–Trinajstić information content (AvgIpc) is 2.36. The highest BCUT2D eigenvalue weighted by Gasteiger charge is 2.17. The van der Waals surface area contributed by atoms with E-state index in [9.17, 15) is 14.4 Å². The van der Waals surface area contributed by atoms with Gasteiger partial charge >= 0.3 is 11.9 Å². The first kappa shape index (κ1) is 15.2. The average molecular weight is 279 g/mol. The van der Waals surface area contributed by atoms with E-state index in [2.05, 4.69) is 0 Å². The smallest absolute Gasteiger partial charge is 0.323 e. The molecule has 106 valence electrons. The normalized spacial score (nSPS) is 10.4. The molecule has 7 nitrogen and oxygen atoms in total. The first-order chi connectivity index (χ1) is 9.38. The van der Waals surface area contributed by atoms with Crippen LogP contribution in [-0.2, 0) is 14.4 Å². The molecule has 7 heteroatoms. The molecule has 0 radical (unpaired) electrons. The van der Waals surface area contributed by atoms with Crippen molar-refractivity contribution < 1.29 is 29.7 Å². The largest absolute Gasteiger partial charge is 0.508 e. The number of phenolic OH excluding ortho intramolecular Hbond substituents is 1. The number of carbonyl (C=O) groups excluding carboxylic acids is 1. The second kappa shape index (κ2) is 6.93. The van der Waals surface area contributed by atoms with E-state index in [0.717, 1.165) is 6.08 Å². The Bertz CT molecular complexity index is 518. The van der Waals surface area contributed by atoms with Gasteiger partial charge in [0.2, 0.25) is 5.91 Å². The molecule has 3 N–H and O–H groups in total. The van der Waals surface area contributed by atoms with Gasteiger partial charge in [0.15, 0.2) is 0 Å². The van der Waals surface area contributed by atoms with Crippen LogP contribution in [0, 0.1) is 0 Å².